The molecule has 6 aromatic carbocycles. The van der Waals surface area contributed by atoms with Gasteiger partial charge in [-0.05, 0) is 56.6 Å². The maximum atomic E-state index is 10.6. The van der Waals surface area contributed by atoms with E-state index in [1.807, 2.05) is 60.7 Å². The normalized spacial score (nSPS) is 11.2. The molecule has 176 valence electrons. The zero-order valence-electron chi connectivity index (χ0n) is 19.7. The van der Waals surface area contributed by atoms with Gasteiger partial charge in [-0.25, -0.2) is 0 Å². The van der Waals surface area contributed by atoms with Crippen LogP contribution >= 0.6 is 0 Å². The summed E-state index contributed by atoms with van der Waals surface area (Å²) in [5.74, 6) is 0.550. The Kier molecular flexibility index (Phi) is 5.55. The maximum Gasteiger partial charge on any atom is 0.121 e. The molecule has 4 nitrogen and oxygen atoms in total. The van der Waals surface area contributed by atoms with Gasteiger partial charge in [-0.3, -0.25) is 0 Å². The van der Waals surface area contributed by atoms with Crippen LogP contribution in [0.25, 0.3) is 32.3 Å². The number of phenols is 2. The van der Waals surface area contributed by atoms with Crippen LogP contribution in [0.1, 0.15) is 11.1 Å². The molecular weight excluding hydrogens is 444 g/mol. The zero-order chi connectivity index (χ0) is 24.5. The van der Waals surface area contributed by atoms with Crippen LogP contribution in [0.4, 0.5) is 11.4 Å². The van der Waals surface area contributed by atoms with Gasteiger partial charge in [0.25, 0.3) is 0 Å². The Hall–Kier alpha value is -4.70. The van der Waals surface area contributed by atoms with E-state index in [0.717, 1.165) is 54.8 Å². The highest BCUT2D eigenvalue weighted by Gasteiger charge is 2.12. The summed E-state index contributed by atoms with van der Waals surface area (Å²) in [6.45, 7) is 0.944. The average molecular weight is 471 g/mol. The number of benzene rings is 6. The fourth-order valence-corrected chi connectivity index (χ4v) is 4.92. The van der Waals surface area contributed by atoms with Crippen LogP contribution < -0.4 is 10.6 Å². The molecule has 6 aromatic rings. The fraction of sp³-hybridized carbons (Fsp3) is 0.0625. The van der Waals surface area contributed by atoms with Crippen LogP contribution in [0.3, 0.4) is 0 Å². The summed E-state index contributed by atoms with van der Waals surface area (Å²) in [5.41, 5.74) is 3.58. The second kappa shape index (κ2) is 9.16. The van der Waals surface area contributed by atoms with Gasteiger partial charge in [0.15, 0.2) is 0 Å². The highest BCUT2D eigenvalue weighted by Crippen LogP contribution is 2.34. The van der Waals surface area contributed by atoms with Crippen LogP contribution in [-0.2, 0) is 13.1 Å². The van der Waals surface area contributed by atoms with Gasteiger partial charge in [0.1, 0.15) is 11.5 Å². The second-order valence-corrected chi connectivity index (χ2v) is 9.02. The van der Waals surface area contributed by atoms with Crippen molar-refractivity contribution >= 4 is 43.7 Å². The van der Waals surface area contributed by atoms with Gasteiger partial charge in [-0.2, -0.15) is 0 Å². The van der Waals surface area contributed by atoms with Crippen molar-refractivity contribution in [1.82, 2.24) is 0 Å². The highest BCUT2D eigenvalue weighted by molar-refractivity contribution is 5.93. The largest absolute Gasteiger partial charge is 0.508 e. The van der Waals surface area contributed by atoms with Crippen molar-refractivity contribution in [3.8, 4) is 11.5 Å². The Morgan fingerprint density at radius 1 is 0.444 bits per heavy atom. The molecule has 0 bridgehead atoms. The van der Waals surface area contributed by atoms with Crippen LogP contribution in [0, 0.1) is 0 Å². The van der Waals surface area contributed by atoms with Gasteiger partial charge in [-0.1, -0.05) is 84.9 Å². The fourth-order valence-electron chi connectivity index (χ4n) is 4.92. The first-order valence-electron chi connectivity index (χ1n) is 12.1. The van der Waals surface area contributed by atoms with E-state index < -0.39 is 0 Å². The minimum Gasteiger partial charge on any atom is -0.508 e. The van der Waals surface area contributed by atoms with Crippen molar-refractivity contribution in [2.45, 2.75) is 13.1 Å². The Bertz CT molecular complexity index is 1600. The number of phenolic OH excluding ortho intramolecular Hbond substituents is 2. The third-order valence-electron chi connectivity index (χ3n) is 6.83. The predicted octanol–water partition coefficient (Wildman–Crippen LogP) is 7.78. The van der Waals surface area contributed by atoms with E-state index in [4.69, 9.17) is 0 Å². The average Bonchev–Trinajstić information content (AvgIpc) is 2.92. The summed E-state index contributed by atoms with van der Waals surface area (Å²) in [4.78, 5) is 0. The first-order chi connectivity index (χ1) is 17.7. The van der Waals surface area contributed by atoms with E-state index in [1.54, 1.807) is 12.1 Å². The third kappa shape index (κ3) is 4.03. The summed E-state index contributed by atoms with van der Waals surface area (Å²) >= 11 is 0. The predicted molar refractivity (Wildman–Crippen MR) is 150 cm³/mol. The number of aromatic hydroxyl groups is 2. The lowest BCUT2D eigenvalue weighted by Crippen LogP contribution is -2.07. The van der Waals surface area contributed by atoms with E-state index in [0.29, 0.717) is 13.1 Å². The summed E-state index contributed by atoms with van der Waals surface area (Å²) in [7, 11) is 0. The maximum absolute atomic E-state index is 10.6. The lowest BCUT2D eigenvalue weighted by atomic mass is 10.0. The van der Waals surface area contributed by atoms with Crippen molar-refractivity contribution in [1.29, 1.82) is 0 Å². The smallest absolute Gasteiger partial charge is 0.121 e. The van der Waals surface area contributed by atoms with Crippen molar-refractivity contribution in [3.05, 3.63) is 120 Å². The molecule has 0 saturated heterocycles. The van der Waals surface area contributed by atoms with E-state index in [9.17, 15) is 10.2 Å². The minimum absolute atomic E-state index is 0.275. The Morgan fingerprint density at radius 2 is 0.833 bits per heavy atom. The van der Waals surface area contributed by atoms with Crippen LogP contribution in [-0.4, -0.2) is 10.2 Å². The quantitative estimate of drug-likeness (QED) is 0.201. The number of fused-ring (bicyclic) bond motifs is 3. The topological polar surface area (TPSA) is 64.5 Å². The Morgan fingerprint density at radius 3 is 1.28 bits per heavy atom. The number of anilines is 2. The second-order valence-electron chi connectivity index (χ2n) is 9.02. The van der Waals surface area contributed by atoms with E-state index in [1.165, 1.54) is 0 Å². The van der Waals surface area contributed by atoms with Gasteiger partial charge in [0.05, 0.1) is 11.4 Å². The number of hydrogen-bond acceptors (Lipinski definition) is 4. The van der Waals surface area contributed by atoms with Crippen molar-refractivity contribution < 1.29 is 10.2 Å². The van der Waals surface area contributed by atoms with Gasteiger partial charge in [0.2, 0.25) is 0 Å². The first-order valence-corrected chi connectivity index (χ1v) is 12.1. The van der Waals surface area contributed by atoms with Crippen LogP contribution in [0.15, 0.2) is 109 Å². The molecular formula is C32H26N2O2. The Balaban J connectivity index is 1.36. The number of rotatable bonds is 6. The molecule has 4 heteroatoms. The lowest BCUT2D eigenvalue weighted by Gasteiger charge is -2.18. The van der Waals surface area contributed by atoms with Crippen LogP contribution in [0.5, 0.6) is 11.5 Å². The molecule has 0 fully saturated rings. The van der Waals surface area contributed by atoms with E-state index in [-0.39, 0.29) is 11.5 Å². The van der Waals surface area contributed by atoms with E-state index >= 15 is 0 Å². The molecule has 36 heavy (non-hydrogen) atoms. The molecule has 0 radical (unpaired) electrons. The first kappa shape index (κ1) is 21.8. The molecule has 0 amide bonds. The molecule has 0 aliphatic rings. The molecule has 0 heterocycles. The molecule has 0 atom stereocenters. The Labute approximate surface area is 209 Å². The molecule has 6 rings (SSSR count). The monoisotopic (exact) mass is 470 g/mol. The van der Waals surface area contributed by atoms with Gasteiger partial charge < -0.3 is 20.8 Å². The van der Waals surface area contributed by atoms with Crippen molar-refractivity contribution in [2.24, 2.45) is 0 Å². The highest BCUT2D eigenvalue weighted by atomic mass is 16.3. The third-order valence-corrected chi connectivity index (χ3v) is 6.83. The van der Waals surface area contributed by atoms with Crippen LogP contribution in [0.2, 0.25) is 0 Å². The minimum atomic E-state index is 0.275. The summed E-state index contributed by atoms with van der Waals surface area (Å²) in [5, 5.41) is 34.9. The molecule has 0 spiro atoms. The van der Waals surface area contributed by atoms with Crippen molar-refractivity contribution in [2.75, 3.05) is 10.6 Å². The molecule has 0 aliphatic carbocycles. The zero-order valence-corrected chi connectivity index (χ0v) is 19.7. The standard InChI is InChI=1S/C32H26N2O2/c35-31-15-13-21-7-3-5-11-25(21)27(31)19-33-29-17-23-9-1-2-10-24(23)18-30(29)34-20-28-26-12-6-4-8-22(26)14-16-32(28)36/h1-18,33-36H,19-20H2. The van der Waals surface area contributed by atoms with Gasteiger partial charge in [-0.15, -0.1) is 0 Å². The van der Waals surface area contributed by atoms with E-state index in [2.05, 4.69) is 47.0 Å². The lowest BCUT2D eigenvalue weighted by molar-refractivity contribution is 0.469. The summed E-state index contributed by atoms with van der Waals surface area (Å²) in [6.07, 6.45) is 0. The number of hydrogen-bond donors (Lipinski definition) is 4. The van der Waals surface area contributed by atoms with Gasteiger partial charge in [0, 0.05) is 24.2 Å². The molecule has 0 saturated carbocycles. The summed E-state index contributed by atoms with van der Waals surface area (Å²) < 4.78 is 0. The molecule has 4 N–H and O–H groups in total. The summed E-state index contributed by atoms with van der Waals surface area (Å²) in [6, 6.07) is 36.1. The molecule has 0 unspecified atom stereocenters. The number of nitrogens with one attached hydrogen (secondary N) is 2. The molecule has 0 aliphatic heterocycles. The SMILES string of the molecule is Oc1ccc2ccccc2c1CNc1cc2ccccc2cc1NCc1c(O)ccc2ccccc12. The van der Waals surface area contributed by atoms with Gasteiger partial charge >= 0.3 is 0 Å². The molecule has 0 aromatic heterocycles. The van der Waals surface area contributed by atoms with Crippen molar-refractivity contribution in [3.63, 3.8) is 0 Å².